The molecule has 1 aliphatic carbocycles. The van der Waals surface area contributed by atoms with Crippen LogP contribution in [-0.2, 0) is 9.59 Å². The van der Waals surface area contributed by atoms with E-state index in [0.717, 1.165) is 24.3 Å². The number of halogens is 4. The van der Waals surface area contributed by atoms with Crippen molar-refractivity contribution < 1.29 is 27.2 Å². The number of rotatable bonds is 6. The van der Waals surface area contributed by atoms with Gasteiger partial charge in [-0.05, 0) is 74.5 Å². The summed E-state index contributed by atoms with van der Waals surface area (Å²) in [5.74, 6) is -4.64. The maximum Gasteiger partial charge on any atom is 0.221 e. The van der Waals surface area contributed by atoms with E-state index < -0.39 is 29.3 Å². The molecule has 33 heavy (non-hydrogen) atoms. The lowest BCUT2D eigenvalue weighted by Crippen LogP contribution is -2.40. The number of hydrogen-bond acceptors (Lipinski definition) is 3. The molecule has 2 aromatic rings. The molecule has 0 radical (unpaired) electrons. The van der Waals surface area contributed by atoms with Gasteiger partial charge >= 0.3 is 0 Å². The predicted molar refractivity (Wildman–Crippen MR) is 118 cm³/mol. The van der Waals surface area contributed by atoms with Crippen LogP contribution in [0, 0.1) is 23.3 Å². The van der Waals surface area contributed by atoms with Crippen molar-refractivity contribution in [2.45, 2.75) is 25.3 Å². The van der Waals surface area contributed by atoms with Crippen LogP contribution in [0.3, 0.4) is 0 Å². The van der Waals surface area contributed by atoms with Crippen LogP contribution in [0.2, 0.25) is 0 Å². The van der Waals surface area contributed by atoms with E-state index in [1.165, 1.54) is 24.3 Å². The number of carbonyl (C=O) groups excluding carboxylic acids is 2. The summed E-state index contributed by atoms with van der Waals surface area (Å²) in [5.41, 5.74) is 1.17. The minimum absolute atomic E-state index is 0.192. The van der Waals surface area contributed by atoms with Gasteiger partial charge in [0, 0.05) is 30.2 Å². The van der Waals surface area contributed by atoms with Gasteiger partial charge in [-0.2, -0.15) is 0 Å². The summed E-state index contributed by atoms with van der Waals surface area (Å²) in [7, 11) is 3.69. The smallest absolute Gasteiger partial charge is 0.221 e. The van der Waals surface area contributed by atoms with Crippen LogP contribution < -0.4 is 5.32 Å². The molecule has 3 rings (SSSR count). The molecule has 2 aromatic carbocycles. The first-order chi connectivity index (χ1) is 15.6. The highest BCUT2D eigenvalue weighted by Gasteiger charge is 2.29. The topological polar surface area (TPSA) is 49.4 Å². The molecule has 0 spiro atoms. The van der Waals surface area contributed by atoms with Crippen molar-refractivity contribution in [1.82, 2.24) is 10.2 Å². The van der Waals surface area contributed by atoms with E-state index in [0.29, 0.717) is 28.8 Å². The highest BCUT2D eigenvalue weighted by atomic mass is 19.2. The molecule has 0 bridgehead atoms. The van der Waals surface area contributed by atoms with Gasteiger partial charge in [0.1, 0.15) is 0 Å². The molecule has 1 N–H and O–H groups in total. The minimum Gasteiger partial charge on any atom is -0.353 e. The molecule has 174 valence electrons. The van der Waals surface area contributed by atoms with E-state index in [2.05, 4.69) is 5.32 Å². The first-order valence-corrected chi connectivity index (χ1v) is 10.4. The van der Waals surface area contributed by atoms with Crippen LogP contribution in [-0.4, -0.2) is 43.3 Å². The lowest BCUT2D eigenvalue weighted by Gasteiger charge is -2.27. The normalized spacial score (nSPS) is 18.9. The predicted octanol–water partition coefficient (Wildman–Crippen LogP) is 4.51. The number of nitrogens with zero attached hydrogens (tertiary/aromatic N) is 1. The van der Waals surface area contributed by atoms with Crippen molar-refractivity contribution in [3.63, 3.8) is 0 Å². The van der Waals surface area contributed by atoms with Gasteiger partial charge in [0.25, 0.3) is 0 Å². The molecule has 0 saturated heterocycles. The van der Waals surface area contributed by atoms with E-state index in [-0.39, 0.29) is 31.0 Å². The Morgan fingerprint density at radius 2 is 1.39 bits per heavy atom. The molecule has 0 heterocycles. The van der Waals surface area contributed by atoms with Gasteiger partial charge in [-0.25, -0.2) is 17.6 Å². The highest BCUT2D eigenvalue weighted by Crippen LogP contribution is 2.29. The molecule has 1 fully saturated rings. The molecule has 0 aliphatic heterocycles. The van der Waals surface area contributed by atoms with Crippen LogP contribution in [0.4, 0.5) is 17.6 Å². The largest absolute Gasteiger partial charge is 0.353 e. The van der Waals surface area contributed by atoms with Crippen molar-refractivity contribution in [1.29, 1.82) is 0 Å². The quantitative estimate of drug-likeness (QED) is 0.510. The monoisotopic (exact) mass is 460 g/mol. The fourth-order valence-corrected chi connectivity index (χ4v) is 3.58. The van der Waals surface area contributed by atoms with Crippen LogP contribution in [0.25, 0.3) is 12.2 Å². The molecule has 8 heteroatoms. The lowest BCUT2D eigenvalue weighted by atomic mass is 9.83. The fraction of sp³-hybridized carbons (Fsp3) is 0.280. The summed E-state index contributed by atoms with van der Waals surface area (Å²) in [5, 5.41) is 2.90. The Morgan fingerprint density at radius 3 is 1.82 bits per heavy atom. The fourth-order valence-electron chi connectivity index (χ4n) is 3.58. The van der Waals surface area contributed by atoms with Gasteiger partial charge in [0.05, 0.1) is 0 Å². The lowest BCUT2D eigenvalue weighted by molar-refractivity contribution is -0.122. The van der Waals surface area contributed by atoms with E-state index in [4.69, 9.17) is 0 Å². The summed E-state index contributed by atoms with van der Waals surface area (Å²) in [6, 6.07) is 6.15. The molecule has 1 saturated carbocycles. The van der Waals surface area contributed by atoms with Gasteiger partial charge in [0.2, 0.25) is 5.91 Å². The third-order valence-corrected chi connectivity index (χ3v) is 5.24. The van der Waals surface area contributed by atoms with Gasteiger partial charge in [0.15, 0.2) is 29.1 Å². The summed E-state index contributed by atoms with van der Waals surface area (Å²) < 4.78 is 53.8. The Morgan fingerprint density at radius 1 is 0.909 bits per heavy atom. The van der Waals surface area contributed by atoms with Gasteiger partial charge in [-0.3, -0.25) is 9.59 Å². The SMILES string of the molecule is CN(C)CCC(=O)NC1C/C(=C\c2ccc(F)c(F)c2)C(=O)/C(=C/c2ccc(F)c(F)c2)C1. The molecule has 0 atom stereocenters. The number of hydrogen-bond donors (Lipinski definition) is 1. The number of carbonyl (C=O) groups is 2. The van der Waals surface area contributed by atoms with Crippen molar-refractivity contribution in [3.8, 4) is 0 Å². The van der Waals surface area contributed by atoms with Crippen LogP contribution in [0.15, 0.2) is 47.5 Å². The average molecular weight is 460 g/mol. The minimum atomic E-state index is -1.04. The second-order valence-corrected chi connectivity index (χ2v) is 8.24. The van der Waals surface area contributed by atoms with Crippen molar-refractivity contribution in [2.24, 2.45) is 0 Å². The molecule has 0 aromatic heterocycles. The Balaban J connectivity index is 1.92. The Bertz CT molecular complexity index is 1050. The van der Waals surface area contributed by atoms with Crippen molar-refractivity contribution >= 4 is 23.8 Å². The molecule has 1 amide bonds. The van der Waals surface area contributed by atoms with Crippen LogP contribution in [0.5, 0.6) is 0 Å². The zero-order chi connectivity index (χ0) is 24.1. The Kier molecular flexibility index (Phi) is 7.81. The first kappa shape index (κ1) is 24.4. The summed E-state index contributed by atoms with van der Waals surface area (Å²) in [4.78, 5) is 27.3. The maximum absolute atomic E-state index is 13.6. The third-order valence-electron chi connectivity index (χ3n) is 5.24. The zero-order valence-corrected chi connectivity index (χ0v) is 18.3. The summed E-state index contributed by atoms with van der Waals surface area (Å²) in [6.45, 7) is 0.548. The van der Waals surface area contributed by atoms with Crippen molar-refractivity contribution in [3.05, 3.63) is 81.9 Å². The van der Waals surface area contributed by atoms with Crippen LogP contribution in [0.1, 0.15) is 30.4 Å². The highest BCUT2D eigenvalue weighted by molar-refractivity contribution is 6.14. The number of nitrogens with one attached hydrogen (secondary N) is 1. The van der Waals surface area contributed by atoms with Crippen LogP contribution >= 0.6 is 0 Å². The Labute approximate surface area is 189 Å². The second-order valence-electron chi connectivity index (χ2n) is 8.24. The molecular formula is C25H24F4N2O2. The van der Waals surface area contributed by atoms with Crippen molar-refractivity contribution in [2.75, 3.05) is 20.6 Å². The molecule has 0 unspecified atom stereocenters. The van der Waals surface area contributed by atoms with E-state index in [1.54, 1.807) is 0 Å². The zero-order valence-electron chi connectivity index (χ0n) is 18.3. The molecular weight excluding hydrogens is 436 g/mol. The Hall–Kier alpha value is -3.26. The second kappa shape index (κ2) is 10.6. The molecule has 1 aliphatic rings. The summed E-state index contributed by atoms with van der Waals surface area (Å²) in [6.07, 6.45) is 3.55. The molecule has 4 nitrogen and oxygen atoms in total. The number of benzene rings is 2. The van der Waals surface area contributed by atoms with Gasteiger partial charge in [-0.1, -0.05) is 12.1 Å². The van der Waals surface area contributed by atoms with Gasteiger partial charge < -0.3 is 10.2 Å². The van der Waals surface area contributed by atoms with E-state index in [1.807, 2.05) is 19.0 Å². The number of amides is 1. The summed E-state index contributed by atoms with van der Waals surface area (Å²) >= 11 is 0. The average Bonchev–Trinajstić information content (AvgIpc) is 2.75. The van der Waals surface area contributed by atoms with E-state index in [9.17, 15) is 27.2 Å². The van der Waals surface area contributed by atoms with E-state index >= 15 is 0 Å². The first-order valence-electron chi connectivity index (χ1n) is 10.4. The number of Topliss-reactive ketones (excluding diaryl/α,β-unsaturated/α-hetero) is 1. The third kappa shape index (κ3) is 6.61. The standard InChI is InChI=1S/C25H24F4N2O2/c1-31(2)8-7-24(32)30-19-13-17(9-15-3-5-20(26)22(28)11-15)25(33)18(14-19)10-16-4-6-21(27)23(29)12-16/h3-6,9-12,19H,7-8,13-14H2,1-2H3,(H,30,32)/b17-9+,18-10+. The number of ketones is 1. The maximum atomic E-state index is 13.6. The van der Waals surface area contributed by atoms with Gasteiger partial charge in [-0.15, -0.1) is 0 Å².